The molecule has 0 spiro atoms. The molecule has 4 saturated carbocycles. The van der Waals surface area contributed by atoms with E-state index in [0.717, 1.165) is 11.8 Å². The van der Waals surface area contributed by atoms with Crippen molar-refractivity contribution in [3.63, 3.8) is 0 Å². The molecule has 4 rings (SSSR count). The second kappa shape index (κ2) is 3.13. The van der Waals surface area contributed by atoms with Crippen LogP contribution in [0.5, 0.6) is 0 Å². The number of rotatable bonds is 1. The van der Waals surface area contributed by atoms with Crippen LogP contribution >= 0.6 is 12.4 Å². The molecule has 2 nitrogen and oxygen atoms in total. The first kappa shape index (κ1) is 11.3. The van der Waals surface area contributed by atoms with Gasteiger partial charge < -0.3 is 5.73 Å². The highest BCUT2D eigenvalue weighted by molar-refractivity contribution is 5.85. The Kier molecular flexibility index (Phi) is 2.35. The molecule has 15 heavy (non-hydrogen) atoms. The van der Waals surface area contributed by atoms with Gasteiger partial charge in [-0.1, -0.05) is 6.92 Å². The molecule has 2 unspecified atom stereocenters. The molecule has 0 aromatic heterocycles. The standard InChI is InChI=1S/C12H20N2.ClH/c1-11-3-8-2-9(4-11)6-12(5-8,7-11)10(13)14;/h8-9H,2-7H2,1H3,(H3,13,14);1H. The fourth-order valence-corrected chi connectivity index (χ4v) is 5.04. The monoisotopic (exact) mass is 228 g/mol. The Labute approximate surface area is 97.9 Å². The number of nitrogens with two attached hydrogens (primary N) is 1. The summed E-state index contributed by atoms with van der Waals surface area (Å²) >= 11 is 0. The quantitative estimate of drug-likeness (QED) is 0.526. The third kappa shape index (κ3) is 1.49. The predicted octanol–water partition coefficient (Wildman–Crippen LogP) is 2.95. The zero-order chi connectivity index (χ0) is 9.97. The highest BCUT2D eigenvalue weighted by Gasteiger charge is 2.56. The smallest absolute Gasteiger partial charge is 0.0969 e. The summed E-state index contributed by atoms with van der Waals surface area (Å²) in [6, 6.07) is 0. The largest absolute Gasteiger partial charge is 0.387 e. The first-order valence-corrected chi connectivity index (χ1v) is 5.86. The first-order chi connectivity index (χ1) is 6.51. The van der Waals surface area contributed by atoms with Crippen molar-refractivity contribution >= 4 is 18.2 Å². The van der Waals surface area contributed by atoms with Gasteiger partial charge in [-0.25, -0.2) is 0 Å². The molecule has 0 amide bonds. The van der Waals surface area contributed by atoms with Crippen LogP contribution in [0.15, 0.2) is 0 Å². The van der Waals surface area contributed by atoms with Crippen molar-refractivity contribution in [2.24, 2.45) is 28.4 Å². The minimum Gasteiger partial charge on any atom is -0.387 e. The number of amidine groups is 1. The SMILES string of the molecule is CC12CC3CC(C1)CC(C(=N)N)(C3)C2.Cl. The van der Waals surface area contributed by atoms with E-state index in [1.807, 2.05) is 0 Å². The van der Waals surface area contributed by atoms with Gasteiger partial charge in [-0.3, -0.25) is 5.41 Å². The molecule has 4 aliphatic carbocycles. The van der Waals surface area contributed by atoms with Gasteiger partial charge in [-0.15, -0.1) is 12.4 Å². The van der Waals surface area contributed by atoms with E-state index in [1.165, 1.54) is 38.5 Å². The summed E-state index contributed by atoms with van der Waals surface area (Å²) in [5.74, 6) is 2.24. The molecule has 4 aliphatic rings. The minimum absolute atomic E-state index is 0. The molecular formula is C12H21ClN2. The maximum Gasteiger partial charge on any atom is 0.0969 e. The molecule has 3 N–H and O–H groups in total. The lowest BCUT2D eigenvalue weighted by molar-refractivity contribution is -0.0688. The molecule has 86 valence electrons. The zero-order valence-corrected chi connectivity index (χ0v) is 10.2. The average Bonchev–Trinajstić information content (AvgIpc) is 1.98. The number of nitrogens with one attached hydrogen (secondary N) is 1. The molecule has 4 bridgehead atoms. The van der Waals surface area contributed by atoms with Gasteiger partial charge in [0.15, 0.2) is 0 Å². The highest BCUT2D eigenvalue weighted by atomic mass is 35.5. The molecule has 4 fully saturated rings. The van der Waals surface area contributed by atoms with E-state index in [-0.39, 0.29) is 17.8 Å². The Morgan fingerprint density at radius 2 is 1.73 bits per heavy atom. The van der Waals surface area contributed by atoms with Crippen LogP contribution in [-0.2, 0) is 0 Å². The van der Waals surface area contributed by atoms with Crippen molar-refractivity contribution in [1.29, 1.82) is 5.41 Å². The number of hydrogen-bond donors (Lipinski definition) is 2. The van der Waals surface area contributed by atoms with Gasteiger partial charge in [-0.05, 0) is 55.8 Å². The van der Waals surface area contributed by atoms with E-state index in [4.69, 9.17) is 11.1 Å². The first-order valence-electron chi connectivity index (χ1n) is 5.86. The van der Waals surface area contributed by atoms with Gasteiger partial charge in [0.1, 0.15) is 0 Å². The average molecular weight is 229 g/mol. The maximum absolute atomic E-state index is 7.84. The predicted molar refractivity (Wildman–Crippen MR) is 64.4 cm³/mol. The van der Waals surface area contributed by atoms with Crippen molar-refractivity contribution in [1.82, 2.24) is 0 Å². The lowest BCUT2D eigenvalue weighted by Gasteiger charge is -2.60. The topological polar surface area (TPSA) is 49.9 Å². The van der Waals surface area contributed by atoms with Crippen molar-refractivity contribution in [2.45, 2.75) is 45.4 Å². The Hall–Kier alpha value is -0.240. The van der Waals surface area contributed by atoms with Crippen LogP contribution in [0.4, 0.5) is 0 Å². The number of halogens is 1. The molecular weight excluding hydrogens is 208 g/mol. The summed E-state index contributed by atoms with van der Waals surface area (Å²) in [6.45, 7) is 2.42. The summed E-state index contributed by atoms with van der Waals surface area (Å²) in [4.78, 5) is 0. The summed E-state index contributed by atoms with van der Waals surface area (Å²) in [5.41, 5.74) is 6.48. The molecule has 0 aromatic rings. The fourth-order valence-electron chi connectivity index (χ4n) is 5.04. The van der Waals surface area contributed by atoms with E-state index in [0.29, 0.717) is 11.3 Å². The highest BCUT2D eigenvalue weighted by Crippen LogP contribution is 2.64. The van der Waals surface area contributed by atoms with E-state index in [2.05, 4.69) is 6.92 Å². The van der Waals surface area contributed by atoms with E-state index >= 15 is 0 Å². The van der Waals surface area contributed by atoms with Crippen LogP contribution in [-0.4, -0.2) is 5.84 Å². The normalized spacial score (nSPS) is 51.3. The Morgan fingerprint density at radius 3 is 2.13 bits per heavy atom. The maximum atomic E-state index is 7.84. The van der Waals surface area contributed by atoms with E-state index < -0.39 is 0 Å². The molecule has 0 saturated heterocycles. The fraction of sp³-hybridized carbons (Fsp3) is 0.917. The van der Waals surface area contributed by atoms with Crippen LogP contribution in [0.1, 0.15) is 45.4 Å². The van der Waals surface area contributed by atoms with Crippen molar-refractivity contribution in [3.8, 4) is 0 Å². The number of hydrogen-bond acceptors (Lipinski definition) is 1. The third-order valence-electron chi connectivity index (χ3n) is 4.92. The third-order valence-corrected chi connectivity index (χ3v) is 4.92. The van der Waals surface area contributed by atoms with Gasteiger partial charge in [0.25, 0.3) is 0 Å². The Bertz CT molecular complexity index is 286. The zero-order valence-electron chi connectivity index (χ0n) is 9.38. The lowest BCUT2D eigenvalue weighted by Crippen LogP contribution is -2.55. The minimum atomic E-state index is 0. The van der Waals surface area contributed by atoms with Gasteiger partial charge in [0.05, 0.1) is 5.84 Å². The second-order valence-electron chi connectivity index (χ2n) is 6.47. The second-order valence-corrected chi connectivity index (χ2v) is 6.47. The van der Waals surface area contributed by atoms with Crippen molar-refractivity contribution in [2.75, 3.05) is 0 Å². The molecule has 3 heteroatoms. The Morgan fingerprint density at radius 1 is 1.20 bits per heavy atom. The van der Waals surface area contributed by atoms with Gasteiger partial charge in [0, 0.05) is 5.41 Å². The summed E-state index contributed by atoms with van der Waals surface area (Å²) < 4.78 is 0. The van der Waals surface area contributed by atoms with Crippen LogP contribution in [0.3, 0.4) is 0 Å². The summed E-state index contributed by atoms with van der Waals surface area (Å²) in [7, 11) is 0. The van der Waals surface area contributed by atoms with Gasteiger partial charge in [0.2, 0.25) is 0 Å². The van der Waals surface area contributed by atoms with Gasteiger partial charge >= 0.3 is 0 Å². The van der Waals surface area contributed by atoms with E-state index in [9.17, 15) is 0 Å². The van der Waals surface area contributed by atoms with Crippen LogP contribution in [0.25, 0.3) is 0 Å². The van der Waals surface area contributed by atoms with Crippen LogP contribution < -0.4 is 5.73 Å². The summed E-state index contributed by atoms with van der Waals surface area (Å²) in [5, 5.41) is 7.84. The molecule has 0 heterocycles. The molecule has 0 aromatic carbocycles. The Balaban J connectivity index is 0.000000853. The van der Waals surface area contributed by atoms with Crippen LogP contribution in [0.2, 0.25) is 0 Å². The van der Waals surface area contributed by atoms with Gasteiger partial charge in [-0.2, -0.15) is 0 Å². The van der Waals surface area contributed by atoms with Crippen molar-refractivity contribution in [3.05, 3.63) is 0 Å². The molecule has 2 atom stereocenters. The molecule has 0 aliphatic heterocycles. The van der Waals surface area contributed by atoms with E-state index in [1.54, 1.807) is 0 Å². The lowest BCUT2D eigenvalue weighted by atomic mass is 9.44. The summed E-state index contributed by atoms with van der Waals surface area (Å²) in [6.07, 6.45) is 7.85. The van der Waals surface area contributed by atoms with Crippen molar-refractivity contribution < 1.29 is 0 Å². The molecule has 0 radical (unpaired) electrons. The van der Waals surface area contributed by atoms with Crippen LogP contribution in [0, 0.1) is 28.1 Å².